The molecule has 2 aromatic carbocycles. The minimum atomic E-state index is -0.891. The molecule has 1 aliphatic heterocycles. The first-order valence-corrected chi connectivity index (χ1v) is 11.9. The van der Waals surface area contributed by atoms with Gasteiger partial charge in [-0.05, 0) is 36.6 Å². The van der Waals surface area contributed by atoms with Crippen molar-refractivity contribution >= 4 is 35.1 Å². The van der Waals surface area contributed by atoms with E-state index in [1.165, 1.54) is 4.90 Å². The number of ether oxygens (including phenoxy) is 1. The molecule has 0 saturated carbocycles. The molecule has 9 heteroatoms. The van der Waals surface area contributed by atoms with Gasteiger partial charge in [-0.2, -0.15) is 0 Å². The molecule has 0 aliphatic carbocycles. The fourth-order valence-corrected chi connectivity index (χ4v) is 3.76. The molecule has 9 nitrogen and oxygen atoms in total. The van der Waals surface area contributed by atoms with Crippen LogP contribution in [0.25, 0.3) is 0 Å². The average molecular weight is 481 g/mol. The number of aryl methyl sites for hydroxylation is 1. The minimum Gasteiger partial charge on any atom is -0.466 e. The Morgan fingerprint density at radius 3 is 2.63 bits per heavy atom. The molecule has 35 heavy (non-hydrogen) atoms. The zero-order valence-corrected chi connectivity index (χ0v) is 19.9. The average Bonchev–Trinajstić information content (AvgIpc) is 2.87. The summed E-state index contributed by atoms with van der Waals surface area (Å²) >= 11 is 0. The molecule has 0 spiro atoms. The van der Waals surface area contributed by atoms with Gasteiger partial charge in [0.2, 0.25) is 17.7 Å². The summed E-state index contributed by atoms with van der Waals surface area (Å²) in [5.74, 6) is -1.27. The maximum absolute atomic E-state index is 12.9. The fourth-order valence-electron chi connectivity index (χ4n) is 3.76. The first kappa shape index (κ1) is 25.7. The van der Waals surface area contributed by atoms with Gasteiger partial charge in [0.25, 0.3) is 0 Å². The van der Waals surface area contributed by atoms with Gasteiger partial charge in [-0.1, -0.05) is 43.3 Å². The number of piperazine rings is 1. The van der Waals surface area contributed by atoms with E-state index in [0.29, 0.717) is 43.7 Å². The second-order valence-electron chi connectivity index (χ2n) is 8.29. The smallest absolute Gasteiger partial charge is 0.308 e. The Bertz CT molecular complexity index is 1030. The number of nitrogens with zero attached hydrogens (tertiary/aromatic N) is 1. The van der Waals surface area contributed by atoms with E-state index in [2.05, 4.69) is 16.0 Å². The minimum absolute atomic E-state index is 0.0564. The van der Waals surface area contributed by atoms with E-state index in [9.17, 15) is 19.2 Å². The first-order chi connectivity index (χ1) is 17.0. The van der Waals surface area contributed by atoms with Gasteiger partial charge in [-0.15, -0.1) is 0 Å². The summed E-state index contributed by atoms with van der Waals surface area (Å²) in [6.07, 6.45) is 1.51. The highest BCUT2D eigenvalue weighted by Crippen LogP contribution is 2.17. The van der Waals surface area contributed by atoms with Crippen molar-refractivity contribution in [2.24, 2.45) is 0 Å². The van der Waals surface area contributed by atoms with Crippen LogP contribution in [0.15, 0.2) is 54.6 Å². The van der Waals surface area contributed by atoms with E-state index in [1.54, 1.807) is 24.3 Å². The molecule has 1 atom stereocenters. The Labute approximate surface area is 205 Å². The Morgan fingerprint density at radius 1 is 1.09 bits per heavy atom. The summed E-state index contributed by atoms with van der Waals surface area (Å²) in [6, 6.07) is 16.0. The lowest BCUT2D eigenvalue weighted by atomic mass is 10.1. The topological polar surface area (TPSA) is 117 Å². The normalized spacial score (nSPS) is 15.2. The summed E-state index contributed by atoms with van der Waals surface area (Å²) in [5.41, 5.74) is 2.37. The lowest BCUT2D eigenvalue weighted by Gasteiger charge is -2.34. The molecule has 3 amide bonds. The van der Waals surface area contributed by atoms with Crippen molar-refractivity contribution in [1.29, 1.82) is 0 Å². The van der Waals surface area contributed by atoms with Crippen molar-refractivity contribution in [3.05, 3.63) is 60.2 Å². The van der Waals surface area contributed by atoms with Gasteiger partial charge in [-0.25, -0.2) is 0 Å². The van der Waals surface area contributed by atoms with Gasteiger partial charge in [0.15, 0.2) is 0 Å². The van der Waals surface area contributed by atoms with Crippen LogP contribution in [0.4, 0.5) is 11.4 Å². The van der Waals surface area contributed by atoms with Crippen LogP contribution < -0.4 is 16.0 Å². The lowest BCUT2D eigenvalue weighted by Crippen LogP contribution is -2.58. The molecule has 0 radical (unpaired) electrons. The predicted molar refractivity (Wildman–Crippen MR) is 133 cm³/mol. The lowest BCUT2D eigenvalue weighted by molar-refractivity contribution is -0.151. The van der Waals surface area contributed by atoms with Crippen LogP contribution in [-0.2, 0) is 30.3 Å². The van der Waals surface area contributed by atoms with Crippen LogP contribution in [0.2, 0.25) is 0 Å². The summed E-state index contributed by atoms with van der Waals surface area (Å²) in [7, 11) is 0. The molecular formula is C26H32N4O5. The number of hydrogen-bond acceptors (Lipinski definition) is 6. The first-order valence-electron chi connectivity index (χ1n) is 11.9. The second kappa shape index (κ2) is 13.1. The Kier molecular flexibility index (Phi) is 9.65. The molecule has 0 aromatic heterocycles. The fraction of sp³-hybridized carbons (Fsp3) is 0.385. The number of nitrogens with one attached hydrogen (secondary N) is 3. The van der Waals surface area contributed by atoms with Crippen molar-refractivity contribution in [3.8, 4) is 0 Å². The van der Waals surface area contributed by atoms with Crippen molar-refractivity contribution < 1.29 is 23.9 Å². The largest absolute Gasteiger partial charge is 0.466 e. The Hall–Kier alpha value is -3.88. The number of amides is 3. The van der Waals surface area contributed by atoms with Crippen molar-refractivity contribution in [2.45, 2.75) is 38.6 Å². The highest BCUT2D eigenvalue weighted by atomic mass is 16.5. The number of rotatable bonds is 11. The maximum Gasteiger partial charge on any atom is 0.308 e. The molecule has 1 heterocycles. The third-order valence-electron chi connectivity index (χ3n) is 5.55. The molecule has 1 unspecified atom stereocenters. The van der Waals surface area contributed by atoms with Crippen LogP contribution in [0.1, 0.15) is 31.7 Å². The molecular weight excluding hydrogens is 448 g/mol. The SMILES string of the molecule is CCCOC(=O)CC1C(=O)NCCN1C(=O)CNc1cccc(NC(=O)CCc2ccccc2)c1. The quantitative estimate of drug-likeness (QED) is 0.425. The Balaban J connectivity index is 1.52. The number of benzene rings is 2. The molecule has 186 valence electrons. The molecule has 1 aliphatic rings. The van der Waals surface area contributed by atoms with Gasteiger partial charge in [0.05, 0.1) is 19.6 Å². The van der Waals surface area contributed by atoms with Crippen LogP contribution in [-0.4, -0.2) is 60.9 Å². The van der Waals surface area contributed by atoms with E-state index in [4.69, 9.17) is 4.74 Å². The third kappa shape index (κ3) is 8.13. The third-order valence-corrected chi connectivity index (χ3v) is 5.55. The zero-order valence-electron chi connectivity index (χ0n) is 19.9. The second-order valence-corrected chi connectivity index (χ2v) is 8.29. The molecule has 1 fully saturated rings. The highest BCUT2D eigenvalue weighted by Gasteiger charge is 2.34. The zero-order chi connectivity index (χ0) is 25.0. The van der Waals surface area contributed by atoms with E-state index in [1.807, 2.05) is 37.3 Å². The Morgan fingerprint density at radius 2 is 1.86 bits per heavy atom. The van der Waals surface area contributed by atoms with E-state index < -0.39 is 12.0 Å². The maximum atomic E-state index is 12.9. The van der Waals surface area contributed by atoms with E-state index in [-0.39, 0.29) is 37.3 Å². The number of anilines is 2. The van der Waals surface area contributed by atoms with Crippen LogP contribution in [0.3, 0.4) is 0 Å². The van der Waals surface area contributed by atoms with Crippen molar-refractivity contribution in [2.75, 3.05) is 36.9 Å². The van der Waals surface area contributed by atoms with Gasteiger partial charge in [0, 0.05) is 30.9 Å². The van der Waals surface area contributed by atoms with Gasteiger partial charge >= 0.3 is 5.97 Å². The van der Waals surface area contributed by atoms with Gasteiger partial charge in [-0.3, -0.25) is 19.2 Å². The van der Waals surface area contributed by atoms with Gasteiger partial charge in [0.1, 0.15) is 6.04 Å². The van der Waals surface area contributed by atoms with Crippen molar-refractivity contribution in [3.63, 3.8) is 0 Å². The standard InChI is InChI=1S/C26H32N4O5/c1-2-15-35-25(33)17-22-26(34)27-13-14-30(22)24(32)18-28-20-9-6-10-21(16-20)29-23(31)12-11-19-7-4-3-5-8-19/h3-10,16,22,28H,2,11-15,17-18H2,1H3,(H,27,34)(H,29,31). The highest BCUT2D eigenvalue weighted by molar-refractivity contribution is 5.93. The monoisotopic (exact) mass is 480 g/mol. The number of hydrogen-bond donors (Lipinski definition) is 3. The summed E-state index contributed by atoms with van der Waals surface area (Å²) in [4.78, 5) is 50.9. The van der Waals surface area contributed by atoms with Crippen LogP contribution >= 0.6 is 0 Å². The summed E-state index contributed by atoms with van der Waals surface area (Å²) in [5, 5.41) is 8.62. The number of carbonyl (C=O) groups is 4. The van der Waals surface area contributed by atoms with E-state index in [0.717, 1.165) is 5.56 Å². The van der Waals surface area contributed by atoms with Gasteiger partial charge < -0.3 is 25.6 Å². The molecule has 0 bridgehead atoms. The summed E-state index contributed by atoms with van der Waals surface area (Å²) < 4.78 is 5.08. The molecule has 3 N–H and O–H groups in total. The molecule has 3 rings (SSSR count). The molecule has 2 aromatic rings. The number of esters is 1. The van der Waals surface area contributed by atoms with E-state index >= 15 is 0 Å². The number of carbonyl (C=O) groups excluding carboxylic acids is 4. The predicted octanol–water partition coefficient (Wildman–Crippen LogP) is 2.34. The van der Waals surface area contributed by atoms with Crippen molar-refractivity contribution in [1.82, 2.24) is 10.2 Å². The van der Waals surface area contributed by atoms with Crippen LogP contribution in [0.5, 0.6) is 0 Å². The molecule has 1 saturated heterocycles. The summed E-state index contributed by atoms with van der Waals surface area (Å²) in [6.45, 7) is 2.75. The van der Waals surface area contributed by atoms with Crippen LogP contribution in [0, 0.1) is 0 Å².